The number of fused-ring (bicyclic) bond motifs is 1. The molecule has 88 valence electrons. The molecular weight excluding hydrogens is 245 g/mol. The summed E-state index contributed by atoms with van der Waals surface area (Å²) in [4.78, 5) is 24.4. The smallest absolute Gasteiger partial charge is 0.298 e. The second-order valence-corrected chi connectivity index (χ2v) is 3.82. The summed E-state index contributed by atoms with van der Waals surface area (Å²) in [6, 6.07) is 4.09. The Morgan fingerprint density at radius 1 is 1.29 bits per heavy atom. The van der Waals surface area contributed by atoms with Gasteiger partial charge in [0, 0.05) is 12.4 Å². The SMILES string of the molecule is O=C1C(=O)N(CC=CCCl)c2c(F)cccc21. The Morgan fingerprint density at radius 3 is 2.76 bits per heavy atom. The third-order valence-electron chi connectivity index (χ3n) is 2.48. The van der Waals surface area contributed by atoms with Crippen LogP contribution in [0.25, 0.3) is 0 Å². The molecule has 0 bridgehead atoms. The first-order valence-corrected chi connectivity index (χ1v) is 5.56. The van der Waals surface area contributed by atoms with Gasteiger partial charge in [-0.05, 0) is 12.1 Å². The molecule has 0 saturated heterocycles. The van der Waals surface area contributed by atoms with E-state index in [1.165, 1.54) is 18.2 Å². The summed E-state index contributed by atoms with van der Waals surface area (Å²) in [5, 5.41) is 0. The monoisotopic (exact) mass is 253 g/mol. The maximum absolute atomic E-state index is 13.6. The molecule has 1 aromatic carbocycles. The molecule has 0 spiro atoms. The Balaban J connectivity index is 2.40. The molecule has 1 aliphatic rings. The predicted octanol–water partition coefficient (Wildman–Crippen LogP) is 2.15. The molecule has 0 aromatic heterocycles. The van der Waals surface area contributed by atoms with Crippen LogP contribution in [0, 0.1) is 5.82 Å². The van der Waals surface area contributed by atoms with Crippen molar-refractivity contribution in [2.75, 3.05) is 17.3 Å². The van der Waals surface area contributed by atoms with Gasteiger partial charge in [-0.1, -0.05) is 18.2 Å². The van der Waals surface area contributed by atoms with Gasteiger partial charge in [0.25, 0.3) is 11.7 Å². The van der Waals surface area contributed by atoms with E-state index in [0.29, 0.717) is 5.88 Å². The van der Waals surface area contributed by atoms with E-state index in [1.54, 1.807) is 12.2 Å². The first-order valence-electron chi connectivity index (χ1n) is 5.02. The molecule has 17 heavy (non-hydrogen) atoms. The van der Waals surface area contributed by atoms with Crippen LogP contribution in [0.5, 0.6) is 0 Å². The van der Waals surface area contributed by atoms with Gasteiger partial charge in [-0.3, -0.25) is 14.5 Å². The van der Waals surface area contributed by atoms with Gasteiger partial charge in [-0.15, -0.1) is 11.6 Å². The molecule has 0 N–H and O–H groups in total. The molecule has 2 rings (SSSR count). The Kier molecular flexibility index (Phi) is 3.24. The van der Waals surface area contributed by atoms with Crippen LogP contribution in [-0.2, 0) is 4.79 Å². The molecule has 0 fully saturated rings. The molecule has 0 atom stereocenters. The summed E-state index contributed by atoms with van der Waals surface area (Å²) in [7, 11) is 0. The van der Waals surface area contributed by atoms with Crippen molar-refractivity contribution in [1.29, 1.82) is 0 Å². The Labute approximate surface area is 102 Å². The third kappa shape index (κ3) is 1.96. The van der Waals surface area contributed by atoms with Gasteiger partial charge in [0.2, 0.25) is 0 Å². The number of alkyl halides is 1. The molecule has 1 heterocycles. The first-order chi connectivity index (χ1) is 8.16. The second kappa shape index (κ2) is 4.67. The van der Waals surface area contributed by atoms with Crippen LogP contribution in [0.1, 0.15) is 10.4 Å². The molecule has 0 radical (unpaired) electrons. The van der Waals surface area contributed by atoms with Crippen molar-refractivity contribution in [2.24, 2.45) is 0 Å². The van der Waals surface area contributed by atoms with Crippen molar-refractivity contribution in [2.45, 2.75) is 0 Å². The topological polar surface area (TPSA) is 37.4 Å². The maximum atomic E-state index is 13.6. The molecule has 0 unspecified atom stereocenters. The summed E-state index contributed by atoms with van der Waals surface area (Å²) < 4.78 is 13.6. The van der Waals surface area contributed by atoms with Crippen LogP contribution in [0.2, 0.25) is 0 Å². The summed E-state index contributed by atoms with van der Waals surface area (Å²) in [5.41, 5.74) is 0.177. The Morgan fingerprint density at radius 2 is 2.06 bits per heavy atom. The number of benzene rings is 1. The van der Waals surface area contributed by atoms with Gasteiger partial charge < -0.3 is 0 Å². The van der Waals surface area contributed by atoms with Crippen molar-refractivity contribution in [3.63, 3.8) is 0 Å². The number of Topliss-reactive ketones (excluding diaryl/α,β-unsaturated/α-hetero) is 1. The van der Waals surface area contributed by atoms with E-state index in [2.05, 4.69) is 0 Å². The predicted molar refractivity (Wildman–Crippen MR) is 62.9 cm³/mol. The quantitative estimate of drug-likeness (QED) is 0.470. The normalized spacial score (nSPS) is 14.8. The molecular formula is C12H9ClFNO2. The van der Waals surface area contributed by atoms with E-state index in [1.807, 2.05) is 0 Å². The van der Waals surface area contributed by atoms with E-state index < -0.39 is 17.5 Å². The zero-order valence-electron chi connectivity index (χ0n) is 8.82. The standard InChI is InChI=1S/C12H9ClFNO2/c13-6-1-2-7-15-10-8(11(16)12(15)17)4-3-5-9(10)14/h1-5H,6-7H2. The zero-order chi connectivity index (χ0) is 12.4. The van der Waals surface area contributed by atoms with Gasteiger partial charge in [0.1, 0.15) is 5.82 Å². The Bertz CT molecular complexity index is 513. The van der Waals surface area contributed by atoms with Crippen LogP contribution >= 0.6 is 11.6 Å². The van der Waals surface area contributed by atoms with Gasteiger partial charge in [-0.25, -0.2) is 4.39 Å². The van der Waals surface area contributed by atoms with E-state index in [9.17, 15) is 14.0 Å². The number of carbonyl (C=O) groups is 2. The lowest BCUT2D eigenvalue weighted by atomic mass is 10.1. The van der Waals surface area contributed by atoms with Gasteiger partial charge >= 0.3 is 0 Å². The number of allylic oxidation sites excluding steroid dienone is 1. The second-order valence-electron chi connectivity index (χ2n) is 3.51. The highest BCUT2D eigenvalue weighted by molar-refractivity contribution is 6.52. The van der Waals surface area contributed by atoms with Crippen LogP contribution in [-0.4, -0.2) is 24.1 Å². The highest BCUT2D eigenvalue weighted by atomic mass is 35.5. The van der Waals surface area contributed by atoms with Crippen molar-refractivity contribution in [3.8, 4) is 0 Å². The molecule has 0 aliphatic carbocycles. The van der Waals surface area contributed by atoms with E-state index in [0.717, 1.165) is 4.90 Å². The zero-order valence-corrected chi connectivity index (χ0v) is 9.58. The summed E-state index contributed by atoms with van der Waals surface area (Å²) in [5.74, 6) is -1.64. The lowest BCUT2D eigenvalue weighted by molar-refractivity contribution is -0.114. The minimum absolute atomic E-state index is 0.0572. The number of nitrogens with zero attached hydrogens (tertiary/aromatic N) is 1. The molecule has 3 nitrogen and oxygen atoms in total. The van der Waals surface area contributed by atoms with Gasteiger partial charge in [0.15, 0.2) is 0 Å². The number of amides is 1. The molecule has 5 heteroatoms. The fraction of sp³-hybridized carbons (Fsp3) is 0.167. The van der Waals surface area contributed by atoms with E-state index in [4.69, 9.17) is 11.6 Å². The number of anilines is 1. The number of hydrogen-bond acceptors (Lipinski definition) is 2. The number of hydrogen-bond donors (Lipinski definition) is 0. The Hall–Kier alpha value is -1.68. The molecule has 1 aromatic rings. The van der Waals surface area contributed by atoms with Crippen molar-refractivity contribution in [1.82, 2.24) is 0 Å². The summed E-state index contributed by atoms with van der Waals surface area (Å²) in [6.07, 6.45) is 3.26. The lowest BCUT2D eigenvalue weighted by Gasteiger charge is -2.14. The summed E-state index contributed by atoms with van der Waals surface area (Å²) in [6.45, 7) is 0.144. The summed E-state index contributed by atoms with van der Waals surface area (Å²) >= 11 is 5.45. The van der Waals surface area contributed by atoms with Gasteiger partial charge in [0.05, 0.1) is 11.3 Å². The largest absolute Gasteiger partial charge is 0.299 e. The number of halogens is 2. The first kappa shape index (κ1) is 11.8. The fourth-order valence-corrected chi connectivity index (χ4v) is 1.86. The van der Waals surface area contributed by atoms with Crippen molar-refractivity contribution >= 4 is 29.0 Å². The molecule has 1 aliphatic heterocycles. The van der Waals surface area contributed by atoms with Crippen molar-refractivity contribution in [3.05, 3.63) is 41.7 Å². The van der Waals surface area contributed by atoms with E-state index >= 15 is 0 Å². The number of rotatable bonds is 3. The van der Waals surface area contributed by atoms with Crippen LogP contribution < -0.4 is 4.90 Å². The van der Waals surface area contributed by atoms with Crippen molar-refractivity contribution < 1.29 is 14.0 Å². The average molecular weight is 254 g/mol. The van der Waals surface area contributed by atoms with Crippen LogP contribution in [0.3, 0.4) is 0 Å². The number of ketones is 1. The number of para-hydroxylation sites is 1. The fourth-order valence-electron chi connectivity index (χ4n) is 1.73. The molecule has 1 amide bonds. The highest BCUT2D eigenvalue weighted by Crippen LogP contribution is 2.31. The van der Waals surface area contributed by atoms with Crippen LogP contribution in [0.15, 0.2) is 30.4 Å². The van der Waals surface area contributed by atoms with Crippen LogP contribution in [0.4, 0.5) is 10.1 Å². The van der Waals surface area contributed by atoms with E-state index in [-0.39, 0.29) is 17.8 Å². The highest BCUT2D eigenvalue weighted by Gasteiger charge is 2.37. The van der Waals surface area contributed by atoms with Gasteiger partial charge in [-0.2, -0.15) is 0 Å². The average Bonchev–Trinajstić information content (AvgIpc) is 2.56. The maximum Gasteiger partial charge on any atom is 0.299 e. The lowest BCUT2D eigenvalue weighted by Crippen LogP contribution is -2.30. The third-order valence-corrected chi connectivity index (χ3v) is 2.66. The minimum atomic E-state index is -0.704. The molecule has 0 saturated carbocycles. The minimum Gasteiger partial charge on any atom is -0.298 e. The number of carbonyl (C=O) groups excluding carboxylic acids is 2.